The van der Waals surface area contributed by atoms with Crippen molar-refractivity contribution in [2.45, 2.75) is 141 Å². The first kappa shape index (κ1) is 35.6. The molecule has 0 amide bonds. The first-order valence-electron chi connectivity index (χ1n) is 22.0. The van der Waals surface area contributed by atoms with Gasteiger partial charge in [-0.3, -0.25) is 4.90 Å². The average Bonchev–Trinajstić information content (AvgIpc) is 4.05. The molecule has 6 heteroatoms. The molecule has 6 fully saturated rings. The minimum absolute atomic E-state index is 0.00939. The molecule has 0 unspecified atom stereocenters. The van der Waals surface area contributed by atoms with E-state index < -0.39 is 6.10 Å². The molecule has 1 aromatic carbocycles. The molecule has 1 aromatic rings. The molecule has 2 spiro atoms. The molecule has 0 aromatic heterocycles. The number of hydrogen-bond acceptors (Lipinski definition) is 6. The van der Waals surface area contributed by atoms with Crippen molar-refractivity contribution in [3.05, 3.63) is 82.7 Å². The van der Waals surface area contributed by atoms with E-state index in [4.69, 9.17) is 14.2 Å². The summed E-state index contributed by atoms with van der Waals surface area (Å²) < 4.78 is 18.5. The van der Waals surface area contributed by atoms with Crippen LogP contribution in [0.5, 0.6) is 0 Å². The molecule has 54 heavy (non-hydrogen) atoms. The van der Waals surface area contributed by atoms with Crippen LogP contribution >= 0.6 is 0 Å². The Morgan fingerprint density at radius 1 is 0.963 bits per heavy atom. The maximum absolute atomic E-state index is 13.2. The first-order chi connectivity index (χ1) is 26.3. The number of rotatable bonds is 5. The lowest BCUT2D eigenvalue weighted by molar-refractivity contribution is -0.133. The Morgan fingerprint density at radius 2 is 1.76 bits per heavy atom. The molecule has 1 N–H and O–H groups in total. The van der Waals surface area contributed by atoms with Crippen LogP contribution in [-0.4, -0.2) is 47.8 Å². The van der Waals surface area contributed by atoms with Crippen LogP contribution in [0.2, 0.25) is 0 Å². The van der Waals surface area contributed by atoms with Crippen molar-refractivity contribution in [1.29, 1.82) is 0 Å². The number of hydrogen-bond donors (Lipinski definition) is 1. The van der Waals surface area contributed by atoms with Gasteiger partial charge in [0, 0.05) is 36.4 Å². The number of methoxy groups -OCH3 is 1. The maximum Gasteiger partial charge on any atom is 0.343 e. The molecule has 4 heterocycles. The zero-order valence-corrected chi connectivity index (χ0v) is 33.0. The number of esters is 1. The van der Waals surface area contributed by atoms with Crippen LogP contribution in [0, 0.1) is 52.3 Å². The number of benzene rings is 1. The third-order valence-electron chi connectivity index (χ3n) is 17.1. The van der Waals surface area contributed by atoms with Crippen molar-refractivity contribution < 1.29 is 24.1 Å². The standard InChI is InChI=1S/C48H63NO5/c1-29-39-37-26-35-36(27-48(40(35)32-15-5-4-6-16-32)23-22-47(28-48)20-9-10-21-47)41(42(50)34-18-11-17-33(25-34)31-13-7-8-14-31)49(37)24-12-19-38(39)53-44(29)45-43(52-3)30(2)46(51)54-45/h4-6,11,15-16,18-19,29,31,33-37,39-42,50H,7-10,12-14,17,20-28H2,1-3H3/t29-,33-,34+,35-,36+,37-,39+,40-,41+,42+,48-/m1/s1. The van der Waals surface area contributed by atoms with Crippen LogP contribution in [0.4, 0.5) is 0 Å². The van der Waals surface area contributed by atoms with E-state index in [-0.39, 0.29) is 41.2 Å². The van der Waals surface area contributed by atoms with Crippen LogP contribution in [0.25, 0.3) is 0 Å². The van der Waals surface area contributed by atoms with E-state index >= 15 is 0 Å². The van der Waals surface area contributed by atoms with E-state index in [1.54, 1.807) is 14.0 Å². The van der Waals surface area contributed by atoms with E-state index in [2.05, 4.69) is 60.4 Å². The van der Waals surface area contributed by atoms with Gasteiger partial charge in [-0.05, 0) is 123 Å². The van der Waals surface area contributed by atoms with Crippen LogP contribution in [0.15, 0.2) is 77.2 Å². The monoisotopic (exact) mass is 733 g/mol. The quantitative estimate of drug-likeness (QED) is 0.240. The number of fused-ring (bicyclic) bond motifs is 4. The van der Waals surface area contributed by atoms with Gasteiger partial charge in [-0.15, -0.1) is 0 Å². The molecule has 6 nitrogen and oxygen atoms in total. The summed E-state index contributed by atoms with van der Waals surface area (Å²) in [7, 11) is 1.61. The summed E-state index contributed by atoms with van der Waals surface area (Å²) in [6.45, 7) is 4.99. The number of piperidine rings is 1. The van der Waals surface area contributed by atoms with Gasteiger partial charge < -0.3 is 19.3 Å². The van der Waals surface area contributed by atoms with E-state index in [0.29, 0.717) is 46.2 Å². The predicted octanol–water partition coefficient (Wildman–Crippen LogP) is 9.97. The Labute approximate surface area is 323 Å². The first-order valence-corrected chi connectivity index (χ1v) is 22.0. The molecule has 2 saturated heterocycles. The van der Waals surface area contributed by atoms with Gasteiger partial charge >= 0.3 is 5.97 Å². The number of aliphatic hydroxyl groups is 1. The van der Waals surface area contributed by atoms with Crippen LogP contribution < -0.4 is 0 Å². The van der Waals surface area contributed by atoms with Gasteiger partial charge in [-0.2, -0.15) is 0 Å². The second-order valence-electron chi connectivity index (χ2n) is 19.6. The number of allylic oxidation sites excluding steroid dienone is 2. The van der Waals surface area contributed by atoms with Crippen molar-refractivity contribution in [3.63, 3.8) is 0 Å². The molecule has 290 valence electrons. The van der Waals surface area contributed by atoms with Gasteiger partial charge in [0.05, 0.1) is 18.8 Å². The zero-order valence-electron chi connectivity index (χ0n) is 33.0. The number of aliphatic hydroxyl groups excluding tert-OH is 1. The Hall–Kier alpha value is -2.83. The van der Waals surface area contributed by atoms with Crippen molar-refractivity contribution in [2.24, 2.45) is 52.3 Å². The van der Waals surface area contributed by atoms with Crippen molar-refractivity contribution in [1.82, 2.24) is 4.90 Å². The fourth-order valence-corrected chi connectivity index (χ4v) is 15.0. The molecule has 9 aliphatic rings. The van der Waals surface area contributed by atoms with Crippen LogP contribution in [-0.2, 0) is 19.0 Å². The van der Waals surface area contributed by atoms with Crippen LogP contribution in [0.3, 0.4) is 0 Å². The van der Waals surface area contributed by atoms with Gasteiger partial charge in [0.25, 0.3) is 0 Å². The summed E-state index contributed by atoms with van der Waals surface area (Å²) in [6.07, 6.45) is 27.5. The molecule has 5 aliphatic carbocycles. The molecular formula is C48H63NO5. The smallest absolute Gasteiger partial charge is 0.343 e. The molecule has 4 saturated carbocycles. The molecule has 10 rings (SSSR count). The number of carbonyl (C=O) groups excluding carboxylic acids is 1. The van der Waals surface area contributed by atoms with Crippen molar-refractivity contribution in [3.8, 4) is 0 Å². The van der Waals surface area contributed by atoms with Crippen LogP contribution in [0.1, 0.15) is 128 Å². The molecular weight excluding hydrogens is 671 g/mol. The summed E-state index contributed by atoms with van der Waals surface area (Å²) >= 11 is 0. The lowest BCUT2D eigenvalue weighted by Crippen LogP contribution is -2.61. The van der Waals surface area contributed by atoms with E-state index in [0.717, 1.165) is 43.2 Å². The van der Waals surface area contributed by atoms with Gasteiger partial charge in [0.1, 0.15) is 5.76 Å². The fraction of sp³-hybridized carbons (Fsp3) is 0.688. The van der Waals surface area contributed by atoms with E-state index in [1.807, 2.05) is 0 Å². The molecule has 11 atom stereocenters. The number of carbonyl (C=O) groups is 1. The summed E-state index contributed by atoms with van der Waals surface area (Å²) in [4.78, 5) is 15.6. The number of nitrogens with zero attached hydrogens (tertiary/aromatic N) is 1. The molecule has 4 aliphatic heterocycles. The number of cyclic esters (lactones) is 1. The summed E-state index contributed by atoms with van der Waals surface area (Å²) in [5.41, 5.74) is 2.84. The summed E-state index contributed by atoms with van der Waals surface area (Å²) in [5.74, 6) is 5.65. The normalized spacial score (nSPS) is 42.2. The largest absolute Gasteiger partial charge is 0.492 e. The third kappa shape index (κ3) is 5.57. The van der Waals surface area contributed by atoms with E-state index in [1.165, 1.54) is 89.0 Å². The van der Waals surface area contributed by atoms with Gasteiger partial charge in [-0.25, -0.2) is 4.79 Å². The molecule has 0 radical (unpaired) electrons. The highest BCUT2D eigenvalue weighted by Crippen LogP contribution is 2.72. The Kier molecular flexibility index (Phi) is 9.01. The summed E-state index contributed by atoms with van der Waals surface area (Å²) in [6, 6.07) is 12.0. The zero-order chi connectivity index (χ0) is 36.8. The van der Waals surface area contributed by atoms with Crippen molar-refractivity contribution >= 4 is 5.97 Å². The minimum atomic E-state index is -0.396. The maximum atomic E-state index is 13.2. The second kappa shape index (κ2) is 13.7. The average molecular weight is 734 g/mol. The fourth-order valence-electron chi connectivity index (χ4n) is 15.0. The SMILES string of the molecule is COC1=C(C)C(=O)OC1=C1OC2=CCCN3[C@H]([C@@H](O)[C@H]4C=CC[C@@H](C5CCCC5)C4)[C@H]4C[C@@]5(CCC6(CCCC6)C5)[C@H](c5ccccc5)[C@@H]4C[C@@H]3[C@@H]2[C@H]1C. The minimum Gasteiger partial charge on any atom is -0.492 e. The van der Waals surface area contributed by atoms with E-state index in [9.17, 15) is 9.90 Å². The second-order valence-corrected chi connectivity index (χ2v) is 19.6. The Morgan fingerprint density at radius 3 is 2.54 bits per heavy atom. The summed E-state index contributed by atoms with van der Waals surface area (Å²) in [5, 5.41) is 13.2. The van der Waals surface area contributed by atoms with Crippen molar-refractivity contribution in [2.75, 3.05) is 13.7 Å². The van der Waals surface area contributed by atoms with Gasteiger partial charge in [0.2, 0.25) is 5.76 Å². The van der Waals surface area contributed by atoms with Gasteiger partial charge in [-0.1, -0.05) is 87.9 Å². The lowest BCUT2D eigenvalue weighted by Gasteiger charge is -2.53. The van der Waals surface area contributed by atoms with Gasteiger partial charge in [0.15, 0.2) is 11.5 Å². The highest BCUT2D eigenvalue weighted by molar-refractivity contribution is 5.93. The topological polar surface area (TPSA) is 68.2 Å². The number of ether oxygens (including phenoxy) is 3. The predicted molar refractivity (Wildman–Crippen MR) is 209 cm³/mol. The third-order valence-corrected chi connectivity index (χ3v) is 17.1. The Balaban J connectivity index is 1.07. The lowest BCUT2D eigenvalue weighted by atomic mass is 9.64. The Bertz CT molecular complexity index is 1750. The highest BCUT2D eigenvalue weighted by Gasteiger charge is 2.65. The highest BCUT2D eigenvalue weighted by atomic mass is 16.6. The molecule has 0 bridgehead atoms.